The zero-order valence-corrected chi connectivity index (χ0v) is 10.9. The minimum Gasteiger partial charge on any atom is -0.329 e. The smallest absolute Gasteiger partial charge is 0.135 e. The molecule has 0 atom stereocenters. The molecule has 0 aliphatic heterocycles. The minimum atomic E-state index is 0.324. The molecule has 2 rings (SSSR count). The van der Waals surface area contributed by atoms with Crippen molar-refractivity contribution in [2.75, 3.05) is 11.9 Å². The van der Waals surface area contributed by atoms with Crippen LogP contribution in [0.4, 0.5) is 11.5 Å². The molecular formula is C14H12ClN3. The third-order valence-corrected chi connectivity index (χ3v) is 2.92. The fourth-order valence-electron chi connectivity index (χ4n) is 1.78. The van der Waals surface area contributed by atoms with Crippen LogP contribution < -0.4 is 4.90 Å². The van der Waals surface area contributed by atoms with E-state index in [9.17, 15) is 0 Å². The highest BCUT2D eigenvalue weighted by Crippen LogP contribution is 2.26. The topological polar surface area (TPSA) is 39.9 Å². The highest BCUT2D eigenvalue weighted by molar-refractivity contribution is 6.29. The van der Waals surface area contributed by atoms with Gasteiger partial charge in [-0.1, -0.05) is 29.8 Å². The van der Waals surface area contributed by atoms with Crippen LogP contribution in [-0.2, 0) is 0 Å². The quantitative estimate of drug-likeness (QED) is 0.771. The molecule has 90 valence electrons. The molecule has 1 heterocycles. The summed E-state index contributed by atoms with van der Waals surface area (Å²) in [4.78, 5) is 6.16. The van der Waals surface area contributed by atoms with Crippen LogP contribution in [0, 0.1) is 18.3 Å². The third kappa shape index (κ3) is 2.44. The van der Waals surface area contributed by atoms with Crippen molar-refractivity contribution in [3.05, 3.63) is 52.7 Å². The standard InChI is InChI=1S/C14H12ClN3/c1-10-5-3-4-6-12(10)18(2)14-8-11(9-16)7-13(15)17-14/h3-8H,1-2H3. The molecule has 4 heteroatoms. The minimum absolute atomic E-state index is 0.324. The predicted octanol–water partition coefficient (Wildman–Crippen LogP) is 3.68. The molecule has 0 unspecified atom stereocenters. The molecule has 0 aliphatic carbocycles. The van der Waals surface area contributed by atoms with Crippen LogP contribution in [0.25, 0.3) is 0 Å². The maximum atomic E-state index is 8.94. The van der Waals surface area contributed by atoms with Crippen LogP contribution in [0.2, 0.25) is 5.15 Å². The Morgan fingerprint density at radius 1 is 1.28 bits per heavy atom. The molecule has 0 aliphatic rings. The Bertz CT molecular complexity index is 617. The Kier molecular flexibility index (Phi) is 3.50. The number of rotatable bonds is 2. The van der Waals surface area contributed by atoms with Gasteiger partial charge in [-0.05, 0) is 30.7 Å². The van der Waals surface area contributed by atoms with Crippen molar-refractivity contribution < 1.29 is 0 Å². The molecular weight excluding hydrogens is 246 g/mol. The molecule has 0 N–H and O–H groups in total. The van der Waals surface area contributed by atoms with E-state index in [1.165, 1.54) is 0 Å². The highest BCUT2D eigenvalue weighted by Gasteiger charge is 2.09. The van der Waals surface area contributed by atoms with Gasteiger partial charge in [0.25, 0.3) is 0 Å². The Morgan fingerprint density at radius 2 is 2.00 bits per heavy atom. The molecule has 0 radical (unpaired) electrons. The number of nitrogens with zero attached hydrogens (tertiary/aromatic N) is 3. The third-order valence-electron chi connectivity index (χ3n) is 2.73. The van der Waals surface area contributed by atoms with Crippen molar-refractivity contribution in [2.24, 2.45) is 0 Å². The van der Waals surface area contributed by atoms with Crippen molar-refractivity contribution in [1.82, 2.24) is 4.98 Å². The maximum absolute atomic E-state index is 8.94. The van der Waals surface area contributed by atoms with E-state index >= 15 is 0 Å². The van der Waals surface area contributed by atoms with Gasteiger partial charge in [-0.2, -0.15) is 5.26 Å². The Hall–Kier alpha value is -2.05. The number of para-hydroxylation sites is 1. The van der Waals surface area contributed by atoms with E-state index < -0.39 is 0 Å². The molecule has 0 saturated carbocycles. The van der Waals surface area contributed by atoms with E-state index in [0.717, 1.165) is 11.3 Å². The van der Waals surface area contributed by atoms with Crippen molar-refractivity contribution in [2.45, 2.75) is 6.92 Å². The first-order valence-corrected chi connectivity index (χ1v) is 5.86. The van der Waals surface area contributed by atoms with E-state index in [0.29, 0.717) is 16.5 Å². The number of anilines is 2. The number of benzene rings is 1. The summed E-state index contributed by atoms with van der Waals surface area (Å²) in [5.74, 6) is 0.661. The van der Waals surface area contributed by atoms with Gasteiger partial charge < -0.3 is 4.90 Å². The second-order valence-electron chi connectivity index (χ2n) is 3.99. The lowest BCUT2D eigenvalue weighted by Gasteiger charge is -2.20. The van der Waals surface area contributed by atoms with Crippen molar-refractivity contribution in [3.63, 3.8) is 0 Å². The predicted molar refractivity (Wildman–Crippen MR) is 73.2 cm³/mol. The van der Waals surface area contributed by atoms with Crippen LogP contribution in [0.1, 0.15) is 11.1 Å². The monoisotopic (exact) mass is 257 g/mol. The van der Waals surface area contributed by atoms with Crippen LogP contribution in [0.3, 0.4) is 0 Å². The second kappa shape index (κ2) is 5.07. The molecule has 0 spiro atoms. The van der Waals surface area contributed by atoms with Gasteiger partial charge in [-0.3, -0.25) is 0 Å². The Labute approximate surface area is 111 Å². The first kappa shape index (κ1) is 12.4. The summed E-state index contributed by atoms with van der Waals surface area (Å²) in [5.41, 5.74) is 2.68. The average molecular weight is 258 g/mol. The van der Waals surface area contributed by atoms with E-state index in [4.69, 9.17) is 16.9 Å². The number of aromatic nitrogens is 1. The average Bonchev–Trinajstić information content (AvgIpc) is 2.37. The number of halogens is 1. The fraction of sp³-hybridized carbons (Fsp3) is 0.143. The van der Waals surface area contributed by atoms with Crippen molar-refractivity contribution in [3.8, 4) is 6.07 Å². The largest absolute Gasteiger partial charge is 0.329 e. The number of pyridine rings is 1. The van der Waals surface area contributed by atoms with Crippen molar-refractivity contribution in [1.29, 1.82) is 5.26 Å². The summed E-state index contributed by atoms with van der Waals surface area (Å²) >= 11 is 5.91. The van der Waals surface area contributed by atoms with Crippen LogP contribution in [-0.4, -0.2) is 12.0 Å². The molecule has 0 amide bonds. The van der Waals surface area contributed by atoms with Crippen molar-refractivity contribution >= 4 is 23.1 Å². The lowest BCUT2D eigenvalue weighted by molar-refractivity contribution is 1.11. The molecule has 1 aromatic heterocycles. The number of hydrogen-bond acceptors (Lipinski definition) is 3. The first-order chi connectivity index (χ1) is 8.61. The Morgan fingerprint density at radius 3 is 2.67 bits per heavy atom. The molecule has 0 saturated heterocycles. The molecule has 18 heavy (non-hydrogen) atoms. The summed E-state index contributed by atoms with van der Waals surface area (Å²) < 4.78 is 0. The first-order valence-electron chi connectivity index (χ1n) is 5.49. The van der Waals surface area contributed by atoms with Gasteiger partial charge in [0, 0.05) is 12.7 Å². The van der Waals surface area contributed by atoms with Gasteiger partial charge >= 0.3 is 0 Å². The molecule has 0 bridgehead atoms. The summed E-state index contributed by atoms with van der Waals surface area (Å²) in [6, 6.07) is 13.3. The summed E-state index contributed by atoms with van der Waals surface area (Å²) in [6.45, 7) is 2.03. The van der Waals surface area contributed by atoms with E-state index in [1.807, 2.05) is 43.1 Å². The molecule has 0 fully saturated rings. The Balaban J connectivity index is 2.47. The van der Waals surface area contributed by atoms with Gasteiger partial charge in [0.05, 0.1) is 11.6 Å². The van der Waals surface area contributed by atoms with Gasteiger partial charge in [0.15, 0.2) is 0 Å². The van der Waals surface area contributed by atoms with Gasteiger partial charge in [-0.25, -0.2) is 4.98 Å². The molecule has 2 aromatic rings. The fourth-order valence-corrected chi connectivity index (χ4v) is 1.99. The number of nitriles is 1. The SMILES string of the molecule is Cc1ccccc1N(C)c1cc(C#N)cc(Cl)n1. The zero-order valence-electron chi connectivity index (χ0n) is 10.2. The van der Waals surface area contributed by atoms with E-state index in [-0.39, 0.29) is 0 Å². The van der Waals surface area contributed by atoms with Crippen LogP contribution >= 0.6 is 11.6 Å². The summed E-state index contributed by atoms with van der Waals surface area (Å²) in [7, 11) is 1.90. The van der Waals surface area contributed by atoms with E-state index in [2.05, 4.69) is 11.1 Å². The summed E-state index contributed by atoms with van der Waals surface area (Å²) in [5, 5.41) is 9.26. The van der Waals surface area contributed by atoms with Crippen LogP contribution in [0.15, 0.2) is 36.4 Å². The highest BCUT2D eigenvalue weighted by atomic mass is 35.5. The molecule has 3 nitrogen and oxygen atoms in total. The number of hydrogen-bond donors (Lipinski definition) is 0. The van der Waals surface area contributed by atoms with Gasteiger partial charge in [-0.15, -0.1) is 0 Å². The summed E-state index contributed by atoms with van der Waals surface area (Å²) in [6.07, 6.45) is 0. The lowest BCUT2D eigenvalue weighted by Crippen LogP contribution is -2.12. The zero-order chi connectivity index (χ0) is 13.1. The second-order valence-corrected chi connectivity index (χ2v) is 4.38. The van der Waals surface area contributed by atoms with Crippen LogP contribution in [0.5, 0.6) is 0 Å². The normalized spacial score (nSPS) is 9.89. The van der Waals surface area contributed by atoms with Gasteiger partial charge in [0.2, 0.25) is 0 Å². The van der Waals surface area contributed by atoms with Gasteiger partial charge in [0.1, 0.15) is 11.0 Å². The molecule has 1 aromatic carbocycles. The van der Waals surface area contributed by atoms with E-state index in [1.54, 1.807) is 12.1 Å². The number of aryl methyl sites for hydroxylation is 1. The maximum Gasteiger partial charge on any atom is 0.135 e. The lowest BCUT2D eigenvalue weighted by atomic mass is 10.2.